The molecule has 2 atom stereocenters. The van der Waals surface area contributed by atoms with Crippen LogP contribution in [0.3, 0.4) is 0 Å². The molecule has 2 bridgehead atoms. The van der Waals surface area contributed by atoms with E-state index in [1.165, 1.54) is 48.2 Å². The first-order valence-electron chi connectivity index (χ1n) is 11.7. The Labute approximate surface area is 180 Å². The minimum Gasteiger partial charge on any atom is -0.369 e. The molecule has 3 heterocycles. The Morgan fingerprint density at radius 3 is 2.57 bits per heavy atom. The van der Waals surface area contributed by atoms with Crippen LogP contribution in [-0.4, -0.2) is 67.1 Å². The summed E-state index contributed by atoms with van der Waals surface area (Å²) in [6.45, 7) is 6.97. The number of likely N-dealkylation sites (tertiary alicyclic amines) is 1. The number of piperazine rings is 1. The van der Waals surface area contributed by atoms with Gasteiger partial charge in [-0.05, 0) is 62.4 Å². The molecule has 2 aliphatic heterocycles. The van der Waals surface area contributed by atoms with Gasteiger partial charge in [-0.15, -0.1) is 0 Å². The van der Waals surface area contributed by atoms with Crippen LogP contribution in [0.25, 0.3) is 17.3 Å². The van der Waals surface area contributed by atoms with Crippen molar-refractivity contribution in [2.24, 2.45) is 5.92 Å². The first-order valence-corrected chi connectivity index (χ1v) is 11.7. The number of pyridine rings is 1. The van der Waals surface area contributed by atoms with Crippen molar-refractivity contribution in [1.29, 1.82) is 0 Å². The maximum Gasteiger partial charge on any atom is 0.0777 e. The summed E-state index contributed by atoms with van der Waals surface area (Å²) in [6.07, 6.45) is 9.84. The number of piperidine rings is 1. The second kappa shape index (κ2) is 7.51. The summed E-state index contributed by atoms with van der Waals surface area (Å²) in [7, 11) is 2.21. The van der Waals surface area contributed by atoms with E-state index >= 15 is 0 Å². The van der Waals surface area contributed by atoms with Crippen molar-refractivity contribution >= 4 is 11.8 Å². The summed E-state index contributed by atoms with van der Waals surface area (Å²) in [5.41, 5.74) is 8.09. The molecule has 2 saturated heterocycles. The smallest absolute Gasteiger partial charge is 0.0777 e. The lowest BCUT2D eigenvalue weighted by Gasteiger charge is -2.34. The zero-order chi connectivity index (χ0) is 20.1. The second-order valence-corrected chi connectivity index (χ2v) is 9.81. The van der Waals surface area contributed by atoms with Crippen LogP contribution >= 0.6 is 0 Å². The fourth-order valence-corrected chi connectivity index (χ4v) is 6.04. The Kier molecular flexibility index (Phi) is 4.65. The predicted molar refractivity (Wildman–Crippen MR) is 124 cm³/mol. The minimum atomic E-state index is 0.847. The fourth-order valence-electron chi connectivity index (χ4n) is 6.04. The number of hydrogen-bond acceptors (Lipinski definition) is 4. The molecule has 0 spiro atoms. The van der Waals surface area contributed by atoms with Crippen LogP contribution in [0.2, 0.25) is 0 Å². The largest absolute Gasteiger partial charge is 0.369 e. The number of rotatable bonds is 4. The number of hydrogen-bond donors (Lipinski definition) is 0. The van der Waals surface area contributed by atoms with Gasteiger partial charge in [0.1, 0.15) is 0 Å². The molecule has 156 valence electrons. The standard InChI is InChI=1S/C26H32N4/c1-28-10-12-29(13-11-28)23-6-3-21(4-7-23)26-25-16-20(14-22(25)8-9-27-26)18-30-17-19-2-5-24(30)15-19/h3-4,6-9,16,19,24H,2,5,10-15,17-18H2,1H3. The SMILES string of the molecule is CN1CCN(c2ccc(-c3nccc4c3C=C(CN3CC5CCC3C5)C4)cc2)CC1. The maximum absolute atomic E-state index is 4.80. The van der Waals surface area contributed by atoms with E-state index in [0.29, 0.717) is 0 Å². The van der Waals surface area contributed by atoms with Crippen molar-refractivity contribution in [3.8, 4) is 11.3 Å². The minimum absolute atomic E-state index is 0.847. The van der Waals surface area contributed by atoms with Gasteiger partial charge < -0.3 is 9.80 Å². The average Bonchev–Trinajstić information content (AvgIpc) is 3.49. The Morgan fingerprint density at radius 2 is 1.83 bits per heavy atom. The number of fused-ring (bicyclic) bond motifs is 3. The molecule has 0 amide bonds. The van der Waals surface area contributed by atoms with Crippen LogP contribution in [0.15, 0.2) is 42.1 Å². The van der Waals surface area contributed by atoms with Crippen LogP contribution in [0, 0.1) is 5.92 Å². The van der Waals surface area contributed by atoms with Gasteiger partial charge in [-0.25, -0.2) is 0 Å². The van der Waals surface area contributed by atoms with E-state index in [9.17, 15) is 0 Å². The molecule has 2 unspecified atom stereocenters. The summed E-state index contributed by atoms with van der Waals surface area (Å²) in [5.74, 6) is 0.968. The van der Waals surface area contributed by atoms with Crippen molar-refractivity contribution in [1.82, 2.24) is 14.8 Å². The van der Waals surface area contributed by atoms with E-state index in [-0.39, 0.29) is 0 Å². The Morgan fingerprint density at radius 1 is 1.00 bits per heavy atom. The van der Waals surface area contributed by atoms with Crippen LogP contribution in [0.4, 0.5) is 5.69 Å². The second-order valence-electron chi connectivity index (χ2n) is 9.81. The lowest BCUT2D eigenvalue weighted by atomic mass is 10.0. The molecule has 4 heteroatoms. The quantitative estimate of drug-likeness (QED) is 0.776. The summed E-state index contributed by atoms with van der Waals surface area (Å²) in [4.78, 5) is 12.4. The molecule has 1 saturated carbocycles. The number of nitrogens with zero attached hydrogens (tertiary/aromatic N) is 4. The average molecular weight is 401 g/mol. The molecule has 0 N–H and O–H groups in total. The van der Waals surface area contributed by atoms with E-state index in [1.807, 2.05) is 6.20 Å². The lowest BCUT2D eigenvalue weighted by molar-refractivity contribution is 0.230. The zero-order valence-corrected chi connectivity index (χ0v) is 18.1. The summed E-state index contributed by atoms with van der Waals surface area (Å²) < 4.78 is 0. The molecule has 6 rings (SSSR count). The molecule has 1 aromatic carbocycles. The molecular weight excluding hydrogens is 368 g/mol. The highest BCUT2D eigenvalue weighted by molar-refractivity contribution is 5.78. The van der Waals surface area contributed by atoms with Gasteiger partial charge >= 0.3 is 0 Å². The zero-order valence-electron chi connectivity index (χ0n) is 18.1. The van der Waals surface area contributed by atoms with Crippen LogP contribution < -0.4 is 4.90 Å². The summed E-state index contributed by atoms with van der Waals surface area (Å²) >= 11 is 0. The molecule has 0 radical (unpaired) electrons. The van der Waals surface area contributed by atoms with Crippen LogP contribution in [0.1, 0.15) is 30.4 Å². The third kappa shape index (κ3) is 3.36. The third-order valence-corrected chi connectivity index (χ3v) is 7.78. The van der Waals surface area contributed by atoms with Gasteiger partial charge in [0.05, 0.1) is 5.69 Å². The first kappa shape index (κ1) is 18.6. The van der Waals surface area contributed by atoms with Gasteiger partial charge in [-0.3, -0.25) is 9.88 Å². The summed E-state index contributed by atoms with van der Waals surface area (Å²) in [5, 5.41) is 0. The number of likely N-dealkylation sites (N-methyl/N-ethyl adjacent to an activating group) is 1. The van der Waals surface area contributed by atoms with E-state index in [4.69, 9.17) is 4.98 Å². The van der Waals surface area contributed by atoms with Crippen molar-refractivity contribution in [2.75, 3.05) is 51.2 Å². The molecule has 2 aromatic rings. The Hall–Kier alpha value is -2.17. The maximum atomic E-state index is 4.80. The summed E-state index contributed by atoms with van der Waals surface area (Å²) in [6, 6.07) is 12.2. The van der Waals surface area contributed by atoms with Gasteiger partial charge in [0.2, 0.25) is 0 Å². The van der Waals surface area contributed by atoms with Crippen molar-refractivity contribution < 1.29 is 0 Å². The molecule has 1 aromatic heterocycles. The number of benzene rings is 1. The van der Waals surface area contributed by atoms with E-state index in [0.717, 1.165) is 56.8 Å². The van der Waals surface area contributed by atoms with Gasteiger partial charge in [-0.2, -0.15) is 0 Å². The molecule has 30 heavy (non-hydrogen) atoms. The highest BCUT2D eigenvalue weighted by atomic mass is 15.2. The first-order chi connectivity index (χ1) is 14.7. The molecule has 4 aliphatic rings. The molecule has 3 fully saturated rings. The van der Waals surface area contributed by atoms with Crippen molar-refractivity contribution in [3.05, 3.63) is 53.2 Å². The van der Waals surface area contributed by atoms with Crippen LogP contribution in [-0.2, 0) is 6.42 Å². The fraction of sp³-hybridized carbons (Fsp3) is 0.500. The van der Waals surface area contributed by atoms with E-state index in [1.54, 1.807) is 5.57 Å². The Bertz CT molecular complexity index is 955. The van der Waals surface area contributed by atoms with Gasteiger partial charge in [0.25, 0.3) is 0 Å². The molecule has 2 aliphatic carbocycles. The van der Waals surface area contributed by atoms with Crippen molar-refractivity contribution in [3.63, 3.8) is 0 Å². The normalized spacial score (nSPS) is 26.3. The third-order valence-electron chi connectivity index (χ3n) is 7.78. The molecular formula is C26H32N4. The monoisotopic (exact) mass is 400 g/mol. The highest BCUT2D eigenvalue weighted by Crippen LogP contribution is 2.39. The van der Waals surface area contributed by atoms with Gasteiger partial charge in [0, 0.05) is 68.3 Å². The number of aromatic nitrogens is 1. The topological polar surface area (TPSA) is 22.6 Å². The number of anilines is 1. The molecule has 4 nitrogen and oxygen atoms in total. The predicted octanol–water partition coefficient (Wildman–Crippen LogP) is 3.92. The van der Waals surface area contributed by atoms with Crippen molar-refractivity contribution in [2.45, 2.75) is 31.7 Å². The lowest BCUT2D eigenvalue weighted by Crippen LogP contribution is -2.44. The van der Waals surface area contributed by atoms with Gasteiger partial charge in [0.15, 0.2) is 0 Å². The van der Waals surface area contributed by atoms with Gasteiger partial charge in [-0.1, -0.05) is 23.8 Å². The van der Waals surface area contributed by atoms with E-state index < -0.39 is 0 Å². The van der Waals surface area contributed by atoms with E-state index in [2.05, 4.69) is 58.2 Å². The Balaban J connectivity index is 1.21. The van der Waals surface area contributed by atoms with Crippen LogP contribution in [0.5, 0.6) is 0 Å². The highest BCUT2D eigenvalue weighted by Gasteiger charge is 2.38.